The van der Waals surface area contributed by atoms with Crippen molar-refractivity contribution in [2.45, 2.75) is 20.1 Å². The van der Waals surface area contributed by atoms with Gasteiger partial charge in [-0.15, -0.1) is 0 Å². The van der Waals surface area contributed by atoms with E-state index in [4.69, 9.17) is 9.47 Å². The Bertz CT molecular complexity index is 779. The lowest BCUT2D eigenvalue weighted by atomic mass is 9.98. The Hall–Kier alpha value is -2.88. The van der Waals surface area contributed by atoms with Gasteiger partial charge in [0.25, 0.3) is 6.23 Å². The van der Waals surface area contributed by atoms with Crippen LogP contribution in [0, 0.1) is 0 Å². The van der Waals surface area contributed by atoms with Crippen molar-refractivity contribution in [1.29, 1.82) is 0 Å². The summed E-state index contributed by atoms with van der Waals surface area (Å²) in [6, 6.07) is 19.5. The van der Waals surface area contributed by atoms with Crippen molar-refractivity contribution in [3.8, 4) is 0 Å². The number of esters is 1. The number of allylic oxidation sites excluding steroid dienone is 1. The molecule has 24 heavy (non-hydrogen) atoms. The molecule has 2 aromatic carbocycles. The lowest BCUT2D eigenvalue weighted by Crippen LogP contribution is -2.30. The number of aliphatic imine (C=N–C) groups is 1. The van der Waals surface area contributed by atoms with Gasteiger partial charge in [0.15, 0.2) is 0 Å². The second-order valence-corrected chi connectivity index (χ2v) is 5.39. The van der Waals surface area contributed by atoms with Gasteiger partial charge in [-0.1, -0.05) is 60.7 Å². The summed E-state index contributed by atoms with van der Waals surface area (Å²) in [6.45, 7) is 4.01. The fourth-order valence-corrected chi connectivity index (χ4v) is 2.62. The molecule has 3 rings (SSSR count). The summed E-state index contributed by atoms with van der Waals surface area (Å²) >= 11 is 0. The predicted molar refractivity (Wildman–Crippen MR) is 93.5 cm³/mol. The smallest absolute Gasteiger partial charge is 0.371 e. The predicted octanol–water partition coefficient (Wildman–Crippen LogP) is 3.83. The van der Waals surface area contributed by atoms with Gasteiger partial charge in [0, 0.05) is 16.7 Å². The number of carbonyl (C=O) groups excluding carboxylic acids is 1. The van der Waals surface area contributed by atoms with E-state index in [0.29, 0.717) is 5.76 Å². The number of rotatable bonds is 4. The molecule has 1 aliphatic heterocycles. The molecule has 0 amide bonds. The molecular weight excluding hydrogens is 302 g/mol. The molecule has 0 aromatic heterocycles. The molecular formula is C20H19NO3. The number of ether oxygens (including phenoxy) is 2. The van der Waals surface area contributed by atoms with Crippen molar-refractivity contribution in [2.24, 2.45) is 4.99 Å². The lowest BCUT2D eigenvalue weighted by molar-refractivity contribution is -0.152. The van der Waals surface area contributed by atoms with Gasteiger partial charge in [0.1, 0.15) is 5.76 Å². The zero-order valence-electron chi connectivity index (χ0n) is 13.7. The number of hydrogen-bond donors (Lipinski definition) is 0. The first kappa shape index (κ1) is 16.0. The monoisotopic (exact) mass is 321 g/mol. The van der Waals surface area contributed by atoms with Crippen molar-refractivity contribution < 1.29 is 14.3 Å². The minimum absolute atomic E-state index is 0.290. The van der Waals surface area contributed by atoms with Gasteiger partial charge in [0.05, 0.1) is 12.3 Å². The number of hydrogen-bond acceptors (Lipinski definition) is 4. The van der Waals surface area contributed by atoms with Crippen LogP contribution in [0.3, 0.4) is 0 Å². The van der Waals surface area contributed by atoms with Gasteiger partial charge in [-0.25, -0.2) is 9.79 Å². The first-order valence-electron chi connectivity index (χ1n) is 7.94. The van der Waals surface area contributed by atoms with Crippen LogP contribution in [-0.4, -0.2) is 24.5 Å². The van der Waals surface area contributed by atoms with Gasteiger partial charge >= 0.3 is 5.97 Å². The molecule has 0 saturated carbocycles. The average molecular weight is 321 g/mol. The minimum atomic E-state index is -0.987. The SMILES string of the molecule is CCOC(=O)C1N=C(c2ccccc2)C(C)=C(c2ccccc2)O1. The Morgan fingerprint density at radius 2 is 1.62 bits per heavy atom. The highest BCUT2D eigenvalue weighted by Gasteiger charge is 2.30. The molecule has 0 radical (unpaired) electrons. The number of nitrogens with zero attached hydrogens (tertiary/aromatic N) is 1. The first-order valence-corrected chi connectivity index (χ1v) is 7.94. The summed E-state index contributed by atoms with van der Waals surface area (Å²) in [6.07, 6.45) is -0.987. The standard InChI is InChI=1S/C20H19NO3/c1-3-23-20(22)19-21-17(15-10-6-4-7-11-15)14(2)18(24-19)16-12-8-5-9-13-16/h4-13,19H,3H2,1-2H3. The zero-order valence-corrected chi connectivity index (χ0v) is 13.7. The van der Waals surface area contributed by atoms with Gasteiger partial charge in [-0.2, -0.15) is 0 Å². The Labute approximate surface area is 141 Å². The highest BCUT2D eigenvalue weighted by Crippen LogP contribution is 2.29. The van der Waals surface area contributed by atoms with E-state index in [-0.39, 0.29) is 6.61 Å². The van der Waals surface area contributed by atoms with Crippen molar-refractivity contribution >= 4 is 17.4 Å². The van der Waals surface area contributed by atoms with Crippen LogP contribution in [0.25, 0.3) is 5.76 Å². The second kappa shape index (κ2) is 7.13. The summed E-state index contributed by atoms with van der Waals surface area (Å²) in [5.74, 6) is 0.175. The van der Waals surface area contributed by atoms with Crippen LogP contribution in [-0.2, 0) is 14.3 Å². The van der Waals surface area contributed by atoms with Crippen LogP contribution < -0.4 is 0 Å². The molecule has 1 aliphatic rings. The second-order valence-electron chi connectivity index (χ2n) is 5.39. The molecule has 1 atom stereocenters. The molecule has 0 bridgehead atoms. The third kappa shape index (κ3) is 3.23. The number of benzene rings is 2. The van der Waals surface area contributed by atoms with Crippen molar-refractivity contribution in [1.82, 2.24) is 0 Å². The highest BCUT2D eigenvalue weighted by atomic mass is 16.6. The summed E-state index contributed by atoms with van der Waals surface area (Å²) in [5, 5.41) is 0. The minimum Gasteiger partial charge on any atom is -0.462 e. The maximum Gasteiger partial charge on any atom is 0.371 e. The van der Waals surface area contributed by atoms with Gasteiger partial charge in [0.2, 0.25) is 0 Å². The first-order chi connectivity index (χ1) is 11.7. The molecule has 4 heteroatoms. The van der Waals surface area contributed by atoms with E-state index < -0.39 is 12.2 Å². The van der Waals surface area contributed by atoms with E-state index in [1.807, 2.05) is 67.6 Å². The van der Waals surface area contributed by atoms with E-state index in [1.54, 1.807) is 6.92 Å². The summed E-state index contributed by atoms with van der Waals surface area (Å²) in [5.41, 5.74) is 3.50. The maximum absolute atomic E-state index is 12.2. The summed E-state index contributed by atoms with van der Waals surface area (Å²) < 4.78 is 11.0. The van der Waals surface area contributed by atoms with Crippen LogP contribution in [0.1, 0.15) is 25.0 Å². The third-order valence-electron chi connectivity index (χ3n) is 3.74. The zero-order chi connectivity index (χ0) is 16.9. The Morgan fingerprint density at radius 1 is 1.04 bits per heavy atom. The van der Waals surface area contributed by atoms with Crippen LogP contribution >= 0.6 is 0 Å². The van der Waals surface area contributed by atoms with E-state index in [2.05, 4.69) is 4.99 Å². The lowest BCUT2D eigenvalue weighted by Gasteiger charge is -2.25. The van der Waals surface area contributed by atoms with Crippen LogP contribution in [0.15, 0.2) is 71.2 Å². The van der Waals surface area contributed by atoms with Crippen LogP contribution in [0.2, 0.25) is 0 Å². The molecule has 1 unspecified atom stereocenters. The van der Waals surface area contributed by atoms with Crippen LogP contribution in [0.5, 0.6) is 0 Å². The molecule has 4 nitrogen and oxygen atoms in total. The van der Waals surface area contributed by atoms with Crippen molar-refractivity contribution in [3.05, 3.63) is 77.4 Å². The molecule has 0 saturated heterocycles. The normalized spacial score (nSPS) is 17.1. The average Bonchev–Trinajstić information content (AvgIpc) is 2.63. The van der Waals surface area contributed by atoms with Crippen LogP contribution in [0.4, 0.5) is 0 Å². The van der Waals surface area contributed by atoms with Gasteiger partial charge < -0.3 is 9.47 Å². The van der Waals surface area contributed by atoms with E-state index >= 15 is 0 Å². The van der Waals surface area contributed by atoms with Crippen molar-refractivity contribution in [3.63, 3.8) is 0 Å². The van der Waals surface area contributed by atoms with E-state index in [1.165, 1.54) is 0 Å². The topological polar surface area (TPSA) is 47.9 Å². The van der Waals surface area contributed by atoms with E-state index in [9.17, 15) is 4.79 Å². The quantitative estimate of drug-likeness (QED) is 0.804. The molecule has 1 heterocycles. The maximum atomic E-state index is 12.2. The fraction of sp³-hybridized carbons (Fsp3) is 0.200. The number of carbonyl (C=O) groups is 1. The van der Waals surface area contributed by atoms with E-state index in [0.717, 1.165) is 22.4 Å². The fourth-order valence-electron chi connectivity index (χ4n) is 2.62. The largest absolute Gasteiger partial charge is 0.462 e. The molecule has 2 aromatic rings. The molecule has 0 N–H and O–H groups in total. The Balaban J connectivity index is 2.08. The summed E-state index contributed by atoms with van der Waals surface area (Å²) in [4.78, 5) is 16.7. The molecule has 0 spiro atoms. The molecule has 122 valence electrons. The summed E-state index contributed by atoms with van der Waals surface area (Å²) in [7, 11) is 0. The highest BCUT2D eigenvalue weighted by molar-refractivity contribution is 6.17. The van der Waals surface area contributed by atoms with Gasteiger partial charge in [-0.3, -0.25) is 0 Å². The third-order valence-corrected chi connectivity index (χ3v) is 3.74. The molecule has 0 aliphatic carbocycles. The Kier molecular flexibility index (Phi) is 4.75. The van der Waals surface area contributed by atoms with Crippen molar-refractivity contribution in [2.75, 3.05) is 6.61 Å². The van der Waals surface area contributed by atoms with Gasteiger partial charge in [-0.05, 0) is 13.8 Å². The Morgan fingerprint density at radius 3 is 2.21 bits per heavy atom. The molecule has 0 fully saturated rings.